The molecule has 136 valence electrons. The molecule has 0 atom stereocenters. The van der Waals surface area contributed by atoms with Crippen molar-refractivity contribution in [1.82, 2.24) is 24.5 Å². The van der Waals surface area contributed by atoms with Gasteiger partial charge in [0.05, 0.1) is 17.3 Å². The highest BCUT2D eigenvalue weighted by molar-refractivity contribution is 6.42. The molecule has 0 aliphatic rings. The van der Waals surface area contributed by atoms with Crippen LogP contribution in [0, 0.1) is 0 Å². The molecule has 3 rings (SSSR count). The Morgan fingerprint density at radius 3 is 2.81 bits per heavy atom. The van der Waals surface area contributed by atoms with E-state index in [0.29, 0.717) is 28.0 Å². The fourth-order valence-corrected chi connectivity index (χ4v) is 2.69. The molecule has 0 fully saturated rings. The molecule has 3 aromatic rings. The molecule has 0 aliphatic heterocycles. The van der Waals surface area contributed by atoms with Crippen LogP contribution in [0.25, 0.3) is 0 Å². The second kappa shape index (κ2) is 7.80. The van der Waals surface area contributed by atoms with Gasteiger partial charge in [-0.1, -0.05) is 29.3 Å². The van der Waals surface area contributed by atoms with E-state index in [4.69, 9.17) is 27.9 Å². The zero-order chi connectivity index (χ0) is 18.7. The van der Waals surface area contributed by atoms with Crippen molar-refractivity contribution in [3.8, 4) is 5.75 Å². The first-order valence-electron chi connectivity index (χ1n) is 7.78. The number of aromatic nitrogens is 4. The molecule has 9 heteroatoms. The van der Waals surface area contributed by atoms with Crippen LogP contribution in [0.2, 0.25) is 10.0 Å². The molecule has 0 bridgehead atoms. The van der Waals surface area contributed by atoms with Crippen molar-refractivity contribution < 1.29 is 9.53 Å². The number of aryl methyl sites for hydroxylation is 1. The molecule has 0 saturated heterocycles. The van der Waals surface area contributed by atoms with Gasteiger partial charge in [-0.25, -0.2) is 4.68 Å². The minimum absolute atomic E-state index is 0.110. The van der Waals surface area contributed by atoms with E-state index in [1.807, 2.05) is 13.1 Å². The maximum absolute atomic E-state index is 12.5. The fourth-order valence-electron chi connectivity index (χ4n) is 2.35. The van der Waals surface area contributed by atoms with Crippen LogP contribution in [0.4, 0.5) is 0 Å². The van der Waals surface area contributed by atoms with Gasteiger partial charge in [0.25, 0.3) is 5.91 Å². The number of benzene rings is 1. The molecule has 0 spiro atoms. The molecule has 0 saturated carbocycles. The number of carbonyl (C=O) groups is 1. The van der Waals surface area contributed by atoms with Crippen molar-refractivity contribution in [3.05, 3.63) is 64.2 Å². The maximum Gasteiger partial charge on any atom is 0.274 e. The Labute approximate surface area is 160 Å². The highest BCUT2D eigenvalue weighted by Crippen LogP contribution is 2.31. The van der Waals surface area contributed by atoms with Crippen molar-refractivity contribution in [3.63, 3.8) is 0 Å². The SMILES string of the molecule is CN(Cc1ccnn1C)C(=O)c1ccn(COc2cccc(Cl)c2Cl)n1. The van der Waals surface area contributed by atoms with Crippen molar-refractivity contribution >= 4 is 29.1 Å². The van der Waals surface area contributed by atoms with Gasteiger partial charge in [0.2, 0.25) is 0 Å². The first kappa shape index (κ1) is 18.3. The van der Waals surface area contributed by atoms with Crippen LogP contribution in [-0.2, 0) is 20.3 Å². The zero-order valence-electron chi connectivity index (χ0n) is 14.3. The van der Waals surface area contributed by atoms with Gasteiger partial charge >= 0.3 is 0 Å². The first-order valence-corrected chi connectivity index (χ1v) is 8.54. The van der Waals surface area contributed by atoms with Crippen LogP contribution in [0.15, 0.2) is 42.7 Å². The second-order valence-corrected chi connectivity index (χ2v) is 6.46. The Morgan fingerprint density at radius 1 is 1.27 bits per heavy atom. The first-order chi connectivity index (χ1) is 12.5. The molecule has 26 heavy (non-hydrogen) atoms. The largest absolute Gasteiger partial charge is 0.470 e. The van der Waals surface area contributed by atoms with E-state index >= 15 is 0 Å². The normalized spacial score (nSPS) is 10.8. The lowest BCUT2D eigenvalue weighted by atomic mass is 10.3. The van der Waals surface area contributed by atoms with Crippen LogP contribution in [0.3, 0.4) is 0 Å². The van der Waals surface area contributed by atoms with Gasteiger partial charge in [-0.15, -0.1) is 0 Å². The number of ether oxygens (including phenoxy) is 1. The number of amides is 1. The maximum atomic E-state index is 12.5. The standard InChI is InChI=1S/C17H17Cl2N5O2/c1-22(10-12-6-8-20-23(12)2)17(25)14-7-9-24(21-14)11-26-15-5-3-4-13(18)16(15)19/h3-9H,10-11H2,1-2H3. The number of carbonyl (C=O) groups excluding carboxylic acids is 1. The summed E-state index contributed by atoms with van der Waals surface area (Å²) in [6.45, 7) is 0.551. The van der Waals surface area contributed by atoms with Gasteiger partial charge in [0.15, 0.2) is 12.4 Å². The molecule has 7 nitrogen and oxygen atoms in total. The molecular formula is C17H17Cl2N5O2. The third-order valence-electron chi connectivity index (χ3n) is 3.80. The van der Waals surface area contributed by atoms with E-state index in [-0.39, 0.29) is 12.6 Å². The zero-order valence-corrected chi connectivity index (χ0v) is 15.8. The van der Waals surface area contributed by atoms with Gasteiger partial charge in [-0.2, -0.15) is 10.2 Å². The van der Waals surface area contributed by atoms with E-state index in [0.717, 1.165) is 5.69 Å². The lowest BCUT2D eigenvalue weighted by molar-refractivity contribution is 0.0774. The molecular weight excluding hydrogens is 377 g/mol. The molecule has 0 N–H and O–H groups in total. The minimum atomic E-state index is -0.189. The van der Waals surface area contributed by atoms with E-state index in [9.17, 15) is 4.79 Å². The van der Waals surface area contributed by atoms with E-state index in [2.05, 4.69) is 10.2 Å². The summed E-state index contributed by atoms with van der Waals surface area (Å²) < 4.78 is 8.85. The van der Waals surface area contributed by atoms with Gasteiger partial charge in [-0.05, 0) is 24.3 Å². The third-order valence-corrected chi connectivity index (χ3v) is 4.60. The Kier molecular flexibility index (Phi) is 5.49. The summed E-state index contributed by atoms with van der Waals surface area (Å²) in [5.74, 6) is 0.265. The molecule has 0 radical (unpaired) electrons. The van der Waals surface area contributed by atoms with Crippen LogP contribution < -0.4 is 4.74 Å². The van der Waals surface area contributed by atoms with Crippen molar-refractivity contribution in [2.75, 3.05) is 7.05 Å². The summed E-state index contributed by atoms with van der Waals surface area (Å²) in [7, 11) is 3.55. The van der Waals surface area contributed by atoms with E-state index < -0.39 is 0 Å². The van der Waals surface area contributed by atoms with Crippen LogP contribution >= 0.6 is 23.2 Å². The molecule has 2 heterocycles. The van der Waals surface area contributed by atoms with E-state index in [1.54, 1.807) is 53.3 Å². The Balaban J connectivity index is 1.62. The molecule has 1 aromatic carbocycles. The van der Waals surface area contributed by atoms with Gasteiger partial charge in [-0.3, -0.25) is 9.48 Å². The summed E-state index contributed by atoms with van der Waals surface area (Å²) in [6.07, 6.45) is 3.37. The summed E-state index contributed by atoms with van der Waals surface area (Å²) >= 11 is 12.0. The lowest BCUT2D eigenvalue weighted by Crippen LogP contribution is -2.27. The molecule has 1 amide bonds. The van der Waals surface area contributed by atoms with Crippen LogP contribution in [0.1, 0.15) is 16.2 Å². The number of rotatable bonds is 6. The van der Waals surface area contributed by atoms with Crippen molar-refractivity contribution in [2.24, 2.45) is 7.05 Å². The van der Waals surface area contributed by atoms with E-state index in [1.165, 1.54) is 4.68 Å². The summed E-state index contributed by atoms with van der Waals surface area (Å²) in [4.78, 5) is 14.1. The highest BCUT2D eigenvalue weighted by Gasteiger charge is 2.16. The molecule has 0 aliphatic carbocycles. The van der Waals surface area contributed by atoms with Crippen LogP contribution in [-0.4, -0.2) is 37.4 Å². The van der Waals surface area contributed by atoms with Crippen molar-refractivity contribution in [1.29, 1.82) is 0 Å². The number of hydrogen-bond acceptors (Lipinski definition) is 4. The Hall–Kier alpha value is -2.51. The quantitative estimate of drug-likeness (QED) is 0.644. The number of nitrogens with zero attached hydrogens (tertiary/aromatic N) is 5. The number of halogens is 2. The molecule has 2 aromatic heterocycles. The van der Waals surface area contributed by atoms with Gasteiger partial charge in [0.1, 0.15) is 10.8 Å². The topological polar surface area (TPSA) is 65.2 Å². The Morgan fingerprint density at radius 2 is 2.08 bits per heavy atom. The van der Waals surface area contributed by atoms with Crippen molar-refractivity contribution in [2.45, 2.75) is 13.3 Å². The smallest absolute Gasteiger partial charge is 0.274 e. The highest BCUT2D eigenvalue weighted by atomic mass is 35.5. The summed E-state index contributed by atoms with van der Waals surface area (Å²) in [5.41, 5.74) is 1.26. The number of hydrogen-bond donors (Lipinski definition) is 0. The van der Waals surface area contributed by atoms with Gasteiger partial charge < -0.3 is 9.64 Å². The fraction of sp³-hybridized carbons (Fsp3) is 0.235. The van der Waals surface area contributed by atoms with Crippen LogP contribution in [0.5, 0.6) is 5.75 Å². The van der Waals surface area contributed by atoms with Gasteiger partial charge in [0, 0.05) is 26.5 Å². The molecule has 0 unspecified atom stereocenters. The average Bonchev–Trinajstić information content (AvgIpc) is 3.25. The predicted octanol–water partition coefficient (Wildman–Crippen LogP) is 3.23. The second-order valence-electron chi connectivity index (χ2n) is 5.67. The summed E-state index contributed by atoms with van der Waals surface area (Å²) in [6, 6.07) is 8.65. The summed E-state index contributed by atoms with van der Waals surface area (Å²) in [5, 5.41) is 9.10. The Bertz CT molecular complexity index is 922. The third kappa shape index (κ3) is 4.00. The minimum Gasteiger partial charge on any atom is -0.470 e. The average molecular weight is 394 g/mol. The predicted molar refractivity (Wildman–Crippen MR) is 98.3 cm³/mol. The monoisotopic (exact) mass is 393 g/mol. The lowest BCUT2D eigenvalue weighted by Gasteiger charge is -2.15.